The molecule has 1 aromatic heterocycles. The molecule has 1 aliphatic carbocycles. The molecule has 0 aromatic carbocycles. The second-order valence-electron chi connectivity index (χ2n) is 5.95. The van der Waals surface area contributed by atoms with Crippen molar-refractivity contribution in [3.63, 3.8) is 0 Å². The predicted octanol–water partition coefficient (Wildman–Crippen LogP) is 2.12. The van der Waals surface area contributed by atoms with Gasteiger partial charge in [-0.05, 0) is 18.8 Å². The lowest BCUT2D eigenvalue weighted by atomic mass is 9.86. The van der Waals surface area contributed by atoms with Crippen molar-refractivity contribution in [3.05, 3.63) is 5.82 Å². The Kier molecular flexibility index (Phi) is 7.02. The number of nitrogens with zero attached hydrogens (tertiary/aromatic N) is 3. The summed E-state index contributed by atoms with van der Waals surface area (Å²) >= 11 is 1.34. The quantitative estimate of drug-likeness (QED) is 0.565. The zero-order chi connectivity index (χ0) is 15.8. The fourth-order valence-corrected chi connectivity index (χ4v) is 3.54. The molecule has 1 aromatic rings. The Morgan fingerprint density at radius 2 is 2.14 bits per heavy atom. The van der Waals surface area contributed by atoms with Gasteiger partial charge in [0.1, 0.15) is 0 Å². The van der Waals surface area contributed by atoms with Gasteiger partial charge in [-0.3, -0.25) is 4.79 Å². The Bertz CT molecular complexity index is 470. The van der Waals surface area contributed by atoms with Crippen molar-refractivity contribution in [1.82, 2.24) is 20.2 Å². The van der Waals surface area contributed by atoms with E-state index in [1.165, 1.54) is 43.9 Å². The van der Waals surface area contributed by atoms with Gasteiger partial charge in [-0.25, -0.2) is 4.68 Å². The third-order valence-electron chi connectivity index (χ3n) is 4.14. The van der Waals surface area contributed by atoms with Crippen LogP contribution in [0.2, 0.25) is 0 Å². The molecule has 6 nitrogen and oxygen atoms in total. The number of nitrogens with two attached hydrogens (primary N) is 1. The molecule has 2 rings (SSSR count). The van der Waals surface area contributed by atoms with Crippen molar-refractivity contribution in [2.45, 2.75) is 63.4 Å². The minimum absolute atomic E-state index is 0.0126. The first-order chi connectivity index (χ1) is 10.7. The highest BCUT2D eigenvalue weighted by Gasteiger charge is 2.16. The molecular formula is C15H27N5OS. The van der Waals surface area contributed by atoms with E-state index in [0.29, 0.717) is 17.5 Å². The number of aryl methyl sites for hydroxylation is 1. The Labute approximate surface area is 136 Å². The minimum atomic E-state index is 0.0126. The topological polar surface area (TPSA) is 85.8 Å². The van der Waals surface area contributed by atoms with Gasteiger partial charge in [-0.1, -0.05) is 50.8 Å². The van der Waals surface area contributed by atoms with Crippen molar-refractivity contribution in [1.29, 1.82) is 0 Å². The summed E-state index contributed by atoms with van der Waals surface area (Å²) < 4.78 is 1.54. The Balaban J connectivity index is 1.77. The van der Waals surface area contributed by atoms with Gasteiger partial charge in [0.25, 0.3) is 0 Å². The molecule has 0 unspecified atom stereocenters. The van der Waals surface area contributed by atoms with Crippen LogP contribution < -0.4 is 11.2 Å². The first kappa shape index (κ1) is 17.1. The molecule has 1 saturated carbocycles. The third-order valence-corrected chi connectivity index (χ3v) is 5.08. The van der Waals surface area contributed by atoms with E-state index in [9.17, 15) is 4.79 Å². The molecule has 0 spiro atoms. The number of nitrogens with one attached hydrogen (secondary N) is 1. The SMILES string of the molecule is CCCNC(=O)CSc1nnc(CCC2CCCCC2)n1N. The molecule has 124 valence electrons. The number of hydrogen-bond donors (Lipinski definition) is 2. The number of aromatic nitrogens is 3. The maximum Gasteiger partial charge on any atom is 0.230 e. The molecular weight excluding hydrogens is 298 g/mol. The smallest absolute Gasteiger partial charge is 0.230 e. The fourth-order valence-electron chi connectivity index (χ4n) is 2.83. The molecule has 0 bridgehead atoms. The average molecular weight is 325 g/mol. The number of rotatable bonds is 8. The van der Waals surface area contributed by atoms with E-state index in [-0.39, 0.29) is 5.91 Å². The lowest BCUT2D eigenvalue weighted by Gasteiger charge is -2.20. The number of amides is 1. The summed E-state index contributed by atoms with van der Waals surface area (Å²) in [6, 6.07) is 0. The van der Waals surface area contributed by atoms with Crippen LogP contribution in [-0.2, 0) is 11.2 Å². The van der Waals surface area contributed by atoms with Gasteiger partial charge in [-0.15, -0.1) is 10.2 Å². The first-order valence-electron chi connectivity index (χ1n) is 8.29. The van der Waals surface area contributed by atoms with Crippen LogP contribution in [0.1, 0.15) is 57.7 Å². The summed E-state index contributed by atoms with van der Waals surface area (Å²) in [5.41, 5.74) is 0. The monoisotopic (exact) mass is 325 g/mol. The maximum atomic E-state index is 11.6. The minimum Gasteiger partial charge on any atom is -0.355 e. The van der Waals surface area contributed by atoms with Crippen molar-refractivity contribution in [2.75, 3.05) is 18.1 Å². The van der Waals surface area contributed by atoms with E-state index < -0.39 is 0 Å². The fraction of sp³-hybridized carbons (Fsp3) is 0.800. The van der Waals surface area contributed by atoms with Crippen LogP contribution in [0.4, 0.5) is 0 Å². The molecule has 22 heavy (non-hydrogen) atoms. The van der Waals surface area contributed by atoms with Gasteiger partial charge in [0.15, 0.2) is 5.82 Å². The Morgan fingerprint density at radius 3 is 2.86 bits per heavy atom. The van der Waals surface area contributed by atoms with Crippen molar-refractivity contribution >= 4 is 17.7 Å². The number of carbonyl (C=O) groups excluding carboxylic acids is 1. The first-order valence-corrected chi connectivity index (χ1v) is 9.28. The predicted molar refractivity (Wildman–Crippen MR) is 89.1 cm³/mol. The van der Waals surface area contributed by atoms with Crippen molar-refractivity contribution in [3.8, 4) is 0 Å². The van der Waals surface area contributed by atoms with Crippen molar-refractivity contribution in [2.24, 2.45) is 5.92 Å². The van der Waals surface area contributed by atoms with E-state index in [4.69, 9.17) is 5.84 Å². The van der Waals surface area contributed by atoms with E-state index >= 15 is 0 Å². The standard InChI is InChI=1S/C15H27N5OS/c1-2-10-17-14(21)11-22-15-19-18-13(20(15)16)9-8-12-6-4-3-5-7-12/h12H,2-11,16H2,1H3,(H,17,21). The number of nitrogen functional groups attached to an aromatic ring is 1. The highest BCUT2D eigenvalue weighted by atomic mass is 32.2. The van der Waals surface area contributed by atoms with Crippen LogP contribution in [0.25, 0.3) is 0 Å². The summed E-state index contributed by atoms with van der Waals surface area (Å²) in [4.78, 5) is 11.6. The highest BCUT2D eigenvalue weighted by Crippen LogP contribution is 2.27. The van der Waals surface area contributed by atoms with Gasteiger partial charge in [-0.2, -0.15) is 0 Å². The van der Waals surface area contributed by atoms with Gasteiger partial charge < -0.3 is 11.2 Å². The zero-order valence-corrected chi connectivity index (χ0v) is 14.2. The molecule has 0 aliphatic heterocycles. The molecule has 0 saturated heterocycles. The van der Waals surface area contributed by atoms with Crippen LogP contribution in [0.3, 0.4) is 0 Å². The zero-order valence-electron chi connectivity index (χ0n) is 13.4. The number of thioether (sulfide) groups is 1. The highest BCUT2D eigenvalue weighted by molar-refractivity contribution is 7.99. The van der Waals surface area contributed by atoms with Crippen LogP contribution in [0, 0.1) is 5.92 Å². The summed E-state index contributed by atoms with van der Waals surface area (Å²) in [5, 5.41) is 11.7. The molecule has 0 radical (unpaired) electrons. The van der Waals surface area contributed by atoms with Gasteiger partial charge in [0.2, 0.25) is 11.1 Å². The molecule has 0 atom stereocenters. The number of hydrogen-bond acceptors (Lipinski definition) is 5. The molecule has 1 aliphatic rings. The molecule has 3 N–H and O–H groups in total. The summed E-state index contributed by atoms with van der Waals surface area (Å²) in [7, 11) is 0. The molecule has 1 heterocycles. The van der Waals surface area contributed by atoms with Crippen LogP contribution >= 0.6 is 11.8 Å². The average Bonchev–Trinajstić information content (AvgIpc) is 2.90. The molecule has 1 amide bonds. The van der Waals surface area contributed by atoms with Crippen molar-refractivity contribution < 1.29 is 4.79 Å². The van der Waals surface area contributed by atoms with Gasteiger partial charge in [0.05, 0.1) is 5.75 Å². The lowest BCUT2D eigenvalue weighted by Crippen LogP contribution is -2.26. The van der Waals surface area contributed by atoms with E-state index in [2.05, 4.69) is 15.5 Å². The lowest BCUT2D eigenvalue weighted by molar-refractivity contribution is -0.118. The van der Waals surface area contributed by atoms with E-state index in [1.54, 1.807) is 4.68 Å². The maximum absolute atomic E-state index is 11.6. The Hall–Kier alpha value is -1.24. The van der Waals surface area contributed by atoms with Gasteiger partial charge in [0, 0.05) is 13.0 Å². The number of carbonyl (C=O) groups is 1. The molecule has 1 fully saturated rings. The second kappa shape index (κ2) is 9.02. The van der Waals surface area contributed by atoms with Gasteiger partial charge >= 0.3 is 0 Å². The second-order valence-corrected chi connectivity index (χ2v) is 6.89. The summed E-state index contributed by atoms with van der Waals surface area (Å²) in [6.45, 7) is 2.74. The third kappa shape index (κ3) is 5.19. The normalized spacial score (nSPS) is 15.9. The van der Waals surface area contributed by atoms with E-state index in [1.807, 2.05) is 6.92 Å². The summed E-state index contributed by atoms with van der Waals surface area (Å²) in [5.74, 6) is 8.02. The van der Waals surface area contributed by atoms with Crippen LogP contribution in [-0.4, -0.2) is 33.1 Å². The molecule has 7 heteroatoms. The summed E-state index contributed by atoms with van der Waals surface area (Å²) in [6.07, 6.45) is 9.70. The Morgan fingerprint density at radius 1 is 1.36 bits per heavy atom. The van der Waals surface area contributed by atoms with Crippen LogP contribution in [0.15, 0.2) is 5.16 Å². The van der Waals surface area contributed by atoms with E-state index in [0.717, 1.165) is 31.0 Å². The largest absolute Gasteiger partial charge is 0.355 e. The van der Waals surface area contributed by atoms with Crippen LogP contribution in [0.5, 0.6) is 0 Å².